The van der Waals surface area contributed by atoms with Crippen LogP contribution in [0.15, 0.2) is 199 Å². The Balaban J connectivity index is 0.963. The van der Waals surface area contributed by atoms with Crippen molar-refractivity contribution in [2.24, 2.45) is 11.8 Å². The Morgan fingerprint density at radius 1 is 0.362 bits per heavy atom. The highest BCUT2D eigenvalue weighted by molar-refractivity contribution is 6.03. The molecular formula is C59H52O10. The molecular weight excluding hydrogens is 869 g/mol. The molecule has 0 amide bonds. The molecule has 7 aromatic carbocycles. The summed E-state index contributed by atoms with van der Waals surface area (Å²) in [6.07, 6.45) is 4.55. The topological polar surface area (TPSA) is 108 Å². The van der Waals surface area contributed by atoms with Crippen LogP contribution in [-0.2, 0) is 65.3 Å². The minimum Gasteiger partial charge on any atom is -0.489 e. The van der Waals surface area contributed by atoms with E-state index in [-0.39, 0.29) is 31.7 Å². The van der Waals surface area contributed by atoms with E-state index in [1.54, 1.807) is 6.07 Å². The standard InChI is InChI=1S/C59H52O10/c1-62-58(60)56-48-22-23-49(30-48)57(56)59(61)69-40-47-28-54(67-38-45-24-50(63-34-41-14-6-2-7-15-41)31-51(25-45)64-35-42-16-8-3-9-17-42)33-55(29-47)68-39-46-26-52(65-36-43-18-10-4-11-19-43)32-53(27-46)66-37-44-20-12-5-13-21-44/h2-29,31-33,48-49H,30,34-40H2,1H3. The van der Waals surface area contributed by atoms with Crippen molar-refractivity contribution in [2.45, 2.75) is 52.7 Å². The summed E-state index contributed by atoms with van der Waals surface area (Å²) in [7, 11) is 1.32. The number of hydrogen-bond acceptors (Lipinski definition) is 10. The van der Waals surface area contributed by atoms with Gasteiger partial charge < -0.3 is 37.9 Å². The molecule has 2 bridgehead atoms. The molecule has 9 rings (SSSR count). The summed E-state index contributed by atoms with van der Waals surface area (Å²) in [5.74, 6) is 2.03. The fourth-order valence-corrected chi connectivity index (χ4v) is 8.32. The Bertz CT molecular complexity index is 2620. The zero-order valence-corrected chi connectivity index (χ0v) is 38.3. The van der Waals surface area contributed by atoms with Crippen molar-refractivity contribution in [3.8, 4) is 34.5 Å². The lowest BCUT2D eigenvalue weighted by atomic mass is 9.97. The number of carbonyl (C=O) groups excluding carboxylic acids is 2. The first-order valence-corrected chi connectivity index (χ1v) is 22.9. The first kappa shape index (κ1) is 45.9. The van der Waals surface area contributed by atoms with Gasteiger partial charge in [0.05, 0.1) is 18.3 Å². The van der Waals surface area contributed by atoms with E-state index in [0.717, 1.165) is 33.4 Å². The number of methoxy groups -OCH3 is 1. The van der Waals surface area contributed by atoms with Crippen molar-refractivity contribution in [2.75, 3.05) is 7.11 Å². The Morgan fingerprint density at radius 2 is 0.638 bits per heavy atom. The average Bonchev–Trinajstić information content (AvgIpc) is 4.03. The fraction of sp³-hybridized carbons (Fsp3) is 0.186. The van der Waals surface area contributed by atoms with Gasteiger partial charge in [-0.3, -0.25) is 0 Å². The SMILES string of the molecule is COC(=O)C1=C(C(=O)OCc2cc(OCc3cc(OCc4ccccc4)cc(OCc4ccccc4)c3)cc(OCc3cc(OCc4ccccc4)cc(OCc4ccccc4)c3)c2)C2C=CC1C2. The van der Waals surface area contributed by atoms with E-state index in [4.69, 9.17) is 37.9 Å². The number of rotatable bonds is 22. The van der Waals surface area contributed by atoms with Crippen molar-refractivity contribution in [1.29, 1.82) is 0 Å². The highest BCUT2D eigenvalue weighted by atomic mass is 16.5. The summed E-state index contributed by atoms with van der Waals surface area (Å²) in [5.41, 5.74) is 7.09. The van der Waals surface area contributed by atoms with Crippen molar-refractivity contribution < 1.29 is 47.5 Å². The van der Waals surface area contributed by atoms with Crippen LogP contribution < -0.4 is 28.4 Å². The van der Waals surface area contributed by atoms with Crippen LogP contribution in [0.2, 0.25) is 0 Å². The van der Waals surface area contributed by atoms with E-state index in [1.165, 1.54) is 7.11 Å². The van der Waals surface area contributed by atoms with Gasteiger partial charge in [-0.15, -0.1) is 0 Å². The molecule has 0 aromatic heterocycles. The van der Waals surface area contributed by atoms with Gasteiger partial charge in [-0.1, -0.05) is 133 Å². The third-order valence-electron chi connectivity index (χ3n) is 11.7. The predicted molar refractivity (Wildman–Crippen MR) is 261 cm³/mol. The fourth-order valence-electron chi connectivity index (χ4n) is 8.32. The van der Waals surface area contributed by atoms with Crippen LogP contribution in [0.5, 0.6) is 34.5 Å². The van der Waals surface area contributed by atoms with E-state index in [9.17, 15) is 9.59 Å². The Morgan fingerprint density at radius 3 is 0.942 bits per heavy atom. The molecule has 7 aromatic rings. The van der Waals surface area contributed by atoms with Gasteiger partial charge in [0.2, 0.25) is 0 Å². The number of fused-ring (bicyclic) bond motifs is 2. The maximum Gasteiger partial charge on any atom is 0.335 e. The van der Waals surface area contributed by atoms with E-state index >= 15 is 0 Å². The molecule has 0 heterocycles. The van der Waals surface area contributed by atoms with Gasteiger partial charge in [0.1, 0.15) is 80.7 Å². The Labute approximate surface area is 402 Å². The molecule has 0 spiro atoms. The molecule has 348 valence electrons. The molecule has 0 radical (unpaired) electrons. The first-order valence-electron chi connectivity index (χ1n) is 22.9. The van der Waals surface area contributed by atoms with E-state index in [2.05, 4.69) is 0 Å². The molecule has 2 aliphatic rings. The van der Waals surface area contributed by atoms with Gasteiger partial charge in [-0.25, -0.2) is 9.59 Å². The minimum absolute atomic E-state index is 0.105. The number of ether oxygens (including phenoxy) is 8. The molecule has 0 N–H and O–H groups in total. The molecule has 0 aliphatic heterocycles. The van der Waals surface area contributed by atoms with E-state index in [0.29, 0.717) is 84.1 Å². The van der Waals surface area contributed by atoms with Gasteiger partial charge in [-0.2, -0.15) is 0 Å². The normalized spacial score (nSPS) is 14.5. The summed E-state index contributed by atoms with van der Waals surface area (Å²) < 4.78 is 49.1. The summed E-state index contributed by atoms with van der Waals surface area (Å²) >= 11 is 0. The lowest BCUT2D eigenvalue weighted by Crippen LogP contribution is -2.18. The quantitative estimate of drug-likeness (QED) is 0.0482. The minimum atomic E-state index is -0.563. The predicted octanol–water partition coefficient (Wildman–Crippen LogP) is 11.9. The lowest BCUT2D eigenvalue weighted by molar-refractivity contribution is -0.142. The zero-order chi connectivity index (χ0) is 47.2. The lowest BCUT2D eigenvalue weighted by Gasteiger charge is -2.17. The molecule has 10 heteroatoms. The maximum absolute atomic E-state index is 13.7. The number of hydrogen-bond donors (Lipinski definition) is 0. The van der Waals surface area contributed by atoms with Crippen molar-refractivity contribution in [1.82, 2.24) is 0 Å². The second-order valence-corrected chi connectivity index (χ2v) is 16.8. The third-order valence-corrected chi connectivity index (χ3v) is 11.7. The van der Waals surface area contributed by atoms with Crippen molar-refractivity contribution >= 4 is 11.9 Å². The van der Waals surface area contributed by atoms with Crippen LogP contribution in [0.25, 0.3) is 0 Å². The molecule has 2 aliphatic carbocycles. The number of carbonyl (C=O) groups is 2. The average molecular weight is 921 g/mol. The molecule has 2 atom stereocenters. The second kappa shape index (κ2) is 22.5. The highest BCUT2D eigenvalue weighted by Crippen LogP contribution is 2.45. The molecule has 2 unspecified atom stereocenters. The van der Waals surface area contributed by atoms with E-state index < -0.39 is 11.9 Å². The van der Waals surface area contributed by atoms with Gasteiger partial charge in [0.15, 0.2) is 0 Å². The summed E-state index contributed by atoms with van der Waals surface area (Å²) in [6.45, 7) is 1.71. The van der Waals surface area contributed by atoms with Gasteiger partial charge in [0.25, 0.3) is 0 Å². The van der Waals surface area contributed by atoms with Crippen LogP contribution in [0.3, 0.4) is 0 Å². The molecule has 0 saturated heterocycles. The van der Waals surface area contributed by atoms with Gasteiger partial charge >= 0.3 is 11.9 Å². The van der Waals surface area contributed by atoms with Crippen LogP contribution in [0, 0.1) is 11.8 Å². The molecule has 69 heavy (non-hydrogen) atoms. The van der Waals surface area contributed by atoms with Crippen molar-refractivity contribution in [3.63, 3.8) is 0 Å². The van der Waals surface area contributed by atoms with Gasteiger partial charge in [0, 0.05) is 30.0 Å². The van der Waals surface area contributed by atoms with Crippen molar-refractivity contribution in [3.05, 3.63) is 238 Å². The van der Waals surface area contributed by atoms with Crippen LogP contribution in [-0.4, -0.2) is 19.0 Å². The Kier molecular flexibility index (Phi) is 15.0. The summed E-state index contributed by atoms with van der Waals surface area (Å²) in [5, 5.41) is 0. The maximum atomic E-state index is 13.7. The number of allylic oxidation sites excluding steroid dienone is 2. The van der Waals surface area contributed by atoms with Crippen LogP contribution in [0.1, 0.15) is 45.4 Å². The summed E-state index contributed by atoms with van der Waals surface area (Å²) in [6, 6.07) is 56.8. The third kappa shape index (κ3) is 12.6. The smallest absolute Gasteiger partial charge is 0.335 e. The number of benzene rings is 7. The van der Waals surface area contributed by atoms with Gasteiger partial charge in [-0.05, 0) is 81.8 Å². The zero-order valence-electron chi connectivity index (χ0n) is 38.3. The highest BCUT2D eigenvalue weighted by Gasteiger charge is 2.43. The molecule has 0 fully saturated rings. The number of esters is 2. The Hall–Kier alpha value is -8.24. The first-order chi connectivity index (χ1) is 33.9. The monoisotopic (exact) mass is 920 g/mol. The van der Waals surface area contributed by atoms with Crippen LogP contribution in [0.4, 0.5) is 0 Å². The summed E-state index contributed by atoms with van der Waals surface area (Å²) in [4.78, 5) is 26.5. The molecule has 10 nitrogen and oxygen atoms in total. The van der Waals surface area contributed by atoms with Crippen LogP contribution >= 0.6 is 0 Å². The van der Waals surface area contributed by atoms with E-state index in [1.807, 2.05) is 182 Å². The largest absolute Gasteiger partial charge is 0.489 e. The molecule has 0 saturated carbocycles. The second-order valence-electron chi connectivity index (χ2n) is 16.8.